The Morgan fingerprint density at radius 1 is 0.857 bits per heavy atom. The SMILES string of the molecule is O=C1CN(C2CCN(Cc3ccccc3)C2)CC(OCc2ccccc2)CN1CC1CCOCC1. The van der Waals surface area contributed by atoms with E-state index >= 15 is 0 Å². The van der Waals surface area contributed by atoms with Crippen molar-refractivity contribution < 1.29 is 14.3 Å². The Hall–Kier alpha value is -2.25. The molecular weight excluding hydrogens is 438 g/mol. The standard InChI is InChI=1S/C29H39N3O3/c33-29-22-31(27-11-14-30(19-27)17-24-7-3-1-4-8-24)20-28(35-23-26-9-5-2-6-10-26)21-32(29)18-25-12-15-34-16-13-25/h1-10,25,27-28H,11-23H2. The third-order valence-electron chi connectivity index (χ3n) is 7.71. The first-order valence-electron chi connectivity index (χ1n) is 13.2. The minimum Gasteiger partial charge on any atom is -0.381 e. The van der Waals surface area contributed by atoms with Gasteiger partial charge in [-0.3, -0.25) is 14.6 Å². The summed E-state index contributed by atoms with van der Waals surface area (Å²) in [5, 5.41) is 0. The zero-order chi connectivity index (χ0) is 23.9. The van der Waals surface area contributed by atoms with Gasteiger partial charge < -0.3 is 14.4 Å². The highest BCUT2D eigenvalue weighted by Crippen LogP contribution is 2.23. The van der Waals surface area contributed by atoms with E-state index in [2.05, 4.69) is 69.3 Å². The van der Waals surface area contributed by atoms with Crippen LogP contribution < -0.4 is 0 Å². The van der Waals surface area contributed by atoms with Gasteiger partial charge in [-0.05, 0) is 36.3 Å². The Bertz CT molecular complexity index is 919. The Kier molecular flexibility index (Phi) is 8.47. The second kappa shape index (κ2) is 12.1. The molecule has 0 radical (unpaired) electrons. The molecule has 1 amide bonds. The van der Waals surface area contributed by atoms with E-state index in [0.29, 0.717) is 31.7 Å². The molecule has 3 heterocycles. The predicted molar refractivity (Wildman–Crippen MR) is 137 cm³/mol. The van der Waals surface area contributed by atoms with Gasteiger partial charge in [-0.1, -0.05) is 60.7 Å². The van der Waals surface area contributed by atoms with Crippen molar-refractivity contribution in [1.29, 1.82) is 0 Å². The van der Waals surface area contributed by atoms with Crippen LogP contribution in [0.15, 0.2) is 60.7 Å². The van der Waals surface area contributed by atoms with Gasteiger partial charge in [-0.2, -0.15) is 0 Å². The molecule has 188 valence electrons. The summed E-state index contributed by atoms with van der Waals surface area (Å²) in [6, 6.07) is 21.4. The topological polar surface area (TPSA) is 45.2 Å². The summed E-state index contributed by atoms with van der Waals surface area (Å²) >= 11 is 0. The van der Waals surface area contributed by atoms with Crippen molar-refractivity contribution in [2.24, 2.45) is 5.92 Å². The van der Waals surface area contributed by atoms with Crippen LogP contribution in [0.5, 0.6) is 0 Å². The van der Waals surface area contributed by atoms with Gasteiger partial charge in [0.2, 0.25) is 5.91 Å². The molecule has 35 heavy (non-hydrogen) atoms. The summed E-state index contributed by atoms with van der Waals surface area (Å²) in [4.78, 5) is 20.4. The fourth-order valence-corrected chi connectivity index (χ4v) is 5.69. The molecule has 3 aliphatic rings. The summed E-state index contributed by atoms with van der Waals surface area (Å²) in [5.41, 5.74) is 2.53. The number of amides is 1. The van der Waals surface area contributed by atoms with E-state index < -0.39 is 0 Å². The van der Waals surface area contributed by atoms with Gasteiger partial charge in [-0.15, -0.1) is 0 Å². The van der Waals surface area contributed by atoms with E-state index in [0.717, 1.165) is 65.2 Å². The van der Waals surface area contributed by atoms with Crippen LogP contribution >= 0.6 is 0 Å². The molecule has 0 N–H and O–H groups in total. The van der Waals surface area contributed by atoms with Crippen molar-refractivity contribution in [3.63, 3.8) is 0 Å². The maximum Gasteiger partial charge on any atom is 0.236 e. The number of ether oxygens (including phenoxy) is 2. The zero-order valence-corrected chi connectivity index (χ0v) is 20.8. The van der Waals surface area contributed by atoms with Gasteiger partial charge in [0, 0.05) is 58.5 Å². The lowest BCUT2D eigenvalue weighted by Crippen LogP contribution is -2.44. The minimum absolute atomic E-state index is 0.0182. The molecule has 3 aliphatic heterocycles. The van der Waals surface area contributed by atoms with Crippen molar-refractivity contribution >= 4 is 5.91 Å². The summed E-state index contributed by atoms with van der Waals surface area (Å²) in [6.45, 7) is 8.08. The molecule has 6 heteroatoms. The van der Waals surface area contributed by atoms with Crippen LogP contribution in [0.3, 0.4) is 0 Å². The second-order valence-corrected chi connectivity index (χ2v) is 10.4. The number of nitrogens with zero attached hydrogens (tertiary/aromatic N) is 3. The molecule has 2 aromatic rings. The van der Waals surface area contributed by atoms with E-state index in [-0.39, 0.29) is 12.0 Å². The fourth-order valence-electron chi connectivity index (χ4n) is 5.69. The average molecular weight is 478 g/mol. The van der Waals surface area contributed by atoms with Crippen molar-refractivity contribution in [1.82, 2.24) is 14.7 Å². The summed E-state index contributed by atoms with van der Waals surface area (Å²) in [6.07, 6.45) is 3.20. The van der Waals surface area contributed by atoms with Crippen LogP contribution in [0.25, 0.3) is 0 Å². The molecule has 3 saturated heterocycles. The van der Waals surface area contributed by atoms with Crippen LogP contribution in [-0.2, 0) is 27.4 Å². The highest BCUT2D eigenvalue weighted by Gasteiger charge is 2.35. The second-order valence-electron chi connectivity index (χ2n) is 10.4. The van der Waals surface area contributed by atoms with Crippen molar-refractivity contribution in [2.45, 2.75) is 44.6 Å². The number of benzene rings is 2. The zero-order valence-electron chi connectivity index (χ0n) is 20.8. The van der Waals surface area contributed by atoms with Crippen molar-refractivity contribution in [3.8, 4) is 0 Å². The lowest BCUT2D eigenvalue weighted by atomic mass is 9.99. The number of hydrogen-bond acceptors (Lipinski definition) is 5. The summed E-state index contributed by atoms with van der Waals surface area (Å²) in [5.74, 6) is 0.783. The smallest absolute Gasteiger partial charge is 0.236 e. The van der Waals surface area contributed by atoms with Crippen molar-refractivity contribution in [3.05, 3.63) is 71.8 Å². The van der Waals surface area contributed by atoms with Crippen molar-refractivity contribution in [2.75, 3.05) is 52.5 Å². The van der Waals surface area contributed by atoms with Gasteiger partial charge in [0.1, 0.15) is 0 Å². The third-order valence-corrected chi connectivity index (χ3v) is 7.71. The third kappa shape index (κ3) is 6.91. The van der Waals surface area contributed by atoms with E-state index in [1.807, 2.05) is 6.07 Å². The van der Waals surface area contributed by atoms with E-state index in [1.165, 1.54) is 11.1 Å². The summed E-state index contributed by atoms with van der Waals surface area (Å²) < 4.78 is 12.0. The Morgan fingerprint density at radius 3 is 2.31 bits per heavy atom. The highest BCUT2D eigenvalue weighted by atomic mass is 16.5. The molecule has 2 unspecified atom stereocenters. The Labute approximate surface area is 209 Å². The lowest BCUT2D eigenvalue weighted by Gasteiger charge is -2.30. The maximum absolute atomic E-state index is 13.4. The van der Waals surface area contributed by atoms with E-state index in [1.54, 1.807) is 0 Å². The van der Waals surface area contributed by atoms with Crippen LogP contribution in [0.1, 0.15) is 30.4 Å². The van der Waals surface area contributed by atoms with Crippen LogP contribution in [0, 0.1) is 5.92 Å². The molecule has 6 nitrogen and oxygen atoms in total. The lowest BCUT2D eigenvalue weighted by molar-refractivity contribution is -0.133. The quantitative estimate of drug-likeness (QED) is 0.583. The maximum atomic E-state index is 13.4. The molecule has 3 fully saturated rings. The van der Waals surface area contributed by atoms with Gasteiger partial charge in [0.25, 0.3) is 0 Å². The Balaban J connectivity index is 1.24. The normalized spacial score (nSPS) is 25.1. The van der Waals surface area contributed by atoms with Gasteiger partial charge >= 0.3 is 0 Å². The van der Waals surface area contributed by atoms with Crippen LogP contribution in [-0.4, -0.2) is 85.2 Å². The molecule has 5 rings (SSSR count). The largest absolute Gasteiger partial charge is 0.381 e. The summed E-state index contributed by atoms with van der Waals surface area (Å²) in [7, 11) is 0. The fraction of sp³-hybridized carbons (Fsp3) is 0.552. The van der Waals surface area contributed by atoms with Gasteiger partial charge in [0.15, 0.2) is 0 Å². The molecule has 0 bridgehead atoms. The molecule has 0 aromatic heterocycles. The van der Waals surface area contributed by atoms with E-state index in [9.17, 15) is 4.79 Å². The molecular formula is C29H39N3O3. The van der Waals surface area contributed by atoms with Crippen LogP contribution in [0.4, 0.5) is 0 Å². The molecule has 2 atom stereocenters. The molecule has 0 aliphatic carbocycles. The molecule has 0 spiro atoms. The monoisotopic (exact) mass is 477 g/mol. The first kappa shape index (κ1) is 24.4. The number of rotatable bonds is 8. The molecule has 2 aromatic carbocycles. The predicted octanol–water partition coefficient (Wildman–Crippen LogP) is 3.42. The van der Waals surface area contributed by atoms with Gasteiger partial charge in [0.05, 0.1) is 19.3 Å². The number of carbonyl (C=O) groups excluding carboxylic acids is 1. The minimum atomic E-state index is 0.0182. The average Bonchev–Trinajstić information content (AvgIpc) is 3.30. The number of hydrogen-bond donors (Lipinski definition) is 0. The Morgan fingerprint density at radius 2 is 1.57 bits per heavy atom. The number of likely N-dealkylation sites (tertiary alicyclic amines) is 1. The van der Waals surface area contributed by atoms with Crippen LogP contribution in [0.2, 0.25) is 0 Å². The first-order valence-corrected chi connectivity index (χ1v) is 13.2. The van der Waals surface area contributed by atoms with E-state index in [4.69, 9.17) is 9.47 Å². The molecule has 0 saturated carbocycles. The highest BCUT2D eigenvalue weighted by molar-refractivity contribution is 5.78. The van der Waals surface area contributed by atoms with Gasteiger partial charge in [-0.25, -0.2) is 0 Å². The first-order chi connectivity index (χ1) is 17.2. The number of carbonyl (C=O) groups is 1.